The number of rotatable bonds is 7. The Kier molecular flexibility index (Phi) is 7.01. The minimum Gasteiger partial charge on any atom is -0.412 e. The van der Waals surface area contributed by atoms with E-state index in [1.54, 1.807) is 12.4 Å². The summed E-state index contributed by atoms with van der Waals surface area (Å²) in [5.41, 5.74) is 0.981. The van der Waals surface area contributed by atoms with Crippen molar-refractivity contribution in [1.29, 1.82) is 0 Å². The van der Waals surface area contributed by atoms with Gasteiger partial charge in [-0.3, -0.25) is 0 Å². The first-order chi connectivity index (χ1) is 7.79. The van der Waals surface area contributed by atoms with E-state index in [0.717, 1.165) is 23.6 Å². The van der Waals surface area contributed by atoms with Crippen molar-refractivity contribution in [2.24, 2.45) is 0 Å². The molecule has 1 heterocycles. The number of hydrogen-bond acceptors (Lipinski definition) is 2. The Hall–Kier alpha value is -1.52. The molecular weight excluding hydrogens is 228 g/mol. The van der Waals surface area contributed by atoms with E-state index < -0.39 is 8.07 Å². The van der Waals surface area contributed by atoms with Gasteiger partial charge in [0.1, 0.15) is 13.5 Å². The molecule has 0 aliphatic carbocycles. The molecule has 1 rings (SSSR count). The highest BCUT2D eigenvalue weighted by molar-refractivity contribution is 6.91. The molecule has 0 saturated carbocycles. The van der Waals surface area contributed by atoms with Crippen LogP contribution in [0.5, 0.6) is 0 Å². The lowest BCUT2D eigenvalue weighted by Crippen LogP contribution is -2.49. The van der Waals surface area contributed by atoms with Gasteiger partial charge in [-0.1, -0.05) is 18.2 Å². The smallest absolute Gasteiger partial charge is 0.145 e. The van der Waals surface area contributed by atoms with Gasteiger partial charge in [-0.05, 0) is 24.2 Å². The molecule has 0 saturated heterocycles. The summed E-state index contributed by atoms with van der Waals surface area (Å²) in [6, 6.07) is 4.75. The molecule has 0 aliphatic heterocycles. The van der Waals surface area contributed by atoms with Crippen LogP contribution in [0, 0.1) is 0 Å². The third kappa shape index (κ3) is 3.76. The summed E-state index contributed by atoms with van der Waals surface area (Å²) < 4.78 is 0. The Morgan fingerprint density at radius 1 is 0.941 bits per heavy atom. The zero-order valence-corrected chi connectivity index (χ0v) is 11.1. The second-order valence-corrected chi connectivity index (χ2v) is 8.06. The van der Waals surface area contributed by atoms with Crippen molar-refractivity contribution >= 4 is 13.5 Å². The Bertz CT molecular complexity index is 338. The lowest BCUT2D eigenvalue weighted by Gasteiger charge is -2.26. The summed E-state index contributed by atoms with van der Waals surface area (Å²) in [7, 11) is -1.75. The van der Waals surface area contributed by atoms with Gasteiger partial charge >= 0.3 is 0 Å². The van der Waals surface area contributed by atoms with Gasteiger partial charge in [-0.25, -0.2) is 9.97 Å². The van der Waals surface area contributed by atoms with Crippen LogP contribution >= 0.6 is 0 Å². The maximum Gasteiger partial charge on any atom is 0.145 e. The first-order valence-corrected chi connectivity index (χ1v) is 8.01. The molecule has 0 bridgehead atoms. The summed E-state index contributed by atoms with van der Waals surface area (Å²) in [6.07, 6.45) is 9.51. The molecule has 1 aromatic heterocycles. The first kappa shape index (κ1) is 15.5. The fourth-order valence-corrected chi connectivity index (χ4v) is 5.33. The molecule has 0 fully saturated rings. The minimum atomic E-state index is -1.75. The van der Waals surface area contributed by atoms with Crippen molar-refractivity contribution in [2.75, 3.05) is 0 Å². The number of hydrogen-bond donors (Lipinski definition) is 0. The minimum absolute atomic E-state index is 0. The van der Waals surface area contributed by atoms with E-state index in [1.807, 2.05) is 24.3 Å². The summed E-state index contributed by atoms with van der Waals surface area (Å²) in [5.74, 6) is 0. The molecule has 2 N–H and O–H groups in total. The summed E-state index contributed by atoms with van der Waals surface area (Å²) in [5, 5.41) is 0. The predicted octanol–water partition coefficient (Wildman–Crippen LogP) is 1.87. The largest absolute Gasteiger partial charge is 0.412 e. The van der Waals surface area contributed by atoms with Crippen LogP contribution in [0.4, 0.5) is 0 Å². The van der Waals surface area contributed by atoms with Gasteiger partial charge in [0.2, 0.25) is 0 Å². The lowest BCUT2D eigenvalue weighted by molar-refractivity contribution is 0.824. The first-order valence-electron chi connectivity index (χ1n) is 5.39. The Balaban J connectivity index is 0.00000256. The monoisotopic (exact) mass is 248 g/mol. The number of allylic oxidation sites excluding steroid dienone is 3. The molecule has 3 nitrogen and oxygen atoms in total. The van der Waals surface area contributed by atoms with Crippen LogP contribution in [0.3, 0.4) is 0 Å². The molecule has 92 valence electrons. The lowest BCUT2D eigenvalue weighted by atomic mass is 10.7. The highest BCUT2D eigenvalue weighted by Gasteiger charge is 2.34. The molecule has 0 aliphatic rings. The quantitative estimate of drug-likeness (QED) is 0.546. The number of nitrogens with zero attached hydrogens (tertiary/aromatic N) is 2. The Morgan fingerprint density at radius 2 is 1.35 bits per heavy atom. The highest BCUT2D eigenvalue weighted by atomic mass is 28.3. The fourth-order valence-electron chi connectivity index (χ4n) is 1.93. The average molecular weight is 248 g/mol. The molecule has 0 radical (unpaired) electrons. The van der Waals surface area contributed by atoms with Crippen LogP contribution in [0.2, 0.25) is 18.1 Å². The third-order valence-corrected chi connectivity index (χ3v) is 7.06. The summed E-state index contributed by atoms with van der Waals surface area (Å²) in [4.78, 5) is 8.83. The molecule has 0 amide bonds. The zero-order chi connectivity index (χ0) is 11.9. The molecule has 1 aromatic rings. The van der Waals surface area contributed by atoms with Crippen molar-refractivity contribution in [3.63, 3.8) is 0 Å². The van der Waals surface area contributed by atoms with Gasteiger partial charge in [0.05, 0.1) is 0 Å². The van der Waals surface area contributed by atoms with E-state index in [9.17, 15) is 0 Å². The van der Waals surface area contributed by atoms with Gasteiger partial charge in [-0.15, -0.1) is 19.7 Å². The standard InChI is InChI=1S/C13H18N2Si.H2O/c1-4-10-16(11-5-2,12-6-3)13-14-8-7-9-15-13;/h4-9H,1-3,10-12H2;1H2. The van der Waals surface area contributed by atoms with E-state index in [1.165, 1.54) is 0 Å². The van der Waals surface area contributed by atoms with Crippen molar-refractivity contribution in [2.45, 2.75) is 18.1 Å². The zero-order valence-electron chi connectivity index (χ0n) is 10.1. The second-order valence-electron chi connectivity index (χ2n) is 3.83. The highest BCUT2D eigenvalue weighted by Crippen LogP contribution is 2.21. The normalized spacial score (nSPS) is 10.1. The molecule has 4 heteroatoms. The second kappa shape index (κ2) is 7.70. The SMILES string of the molecule is C=CC[Si](CC=C)(CC=C)c1ncccn1.O. The maximum atomic E-state index is 4.41. The average Bonchev–Trinajstić information content (AvgIpc) is 2.31. The van der Waals surface area contributed by atoms with Crippen molar-refractivity contribution in [3.8, 4) is 0 Å². The van der Waals surface area contributed by atoms with Crippen molar-refractivity contribution in [3.05, 3.63) is 56.4 Å². The van der Waals surface area contributed by atoms with E-state index in [0.29, 0.717) is 0 Å². The topological polar surface area (TPSA) is 57.3 Å². The molecular formula is C13H20N2OSi. The van der Waals surface area contributed by atoms with Crippen LogP contribution in [0.25, 0.3) is 0 Å². The Labute approximate surface area is 104 Å². The van der Waals surface area contributed by atoms with Gasteiger partial charge in [0, 0.05) is 12.4 Å². The van der Waals surface area contributed by atoms with Gasteiger partial charge < -0.3 is 5.48 Å². The van der Waals surface area contributed by atoms with Gasteiger partial charge in [0.15, 0.2) is 0 Å². The van der Waals surface area contributed by atoms with Gasteiger partial charge in [0.25, 0.3) is 0 Å². The van der Waals surface area contributed by atoms with E-state index >= 15 is 0 Å². The molecule has 17 heavy (non-hydrogen) atoms. The van der Waals surface area contributed by atoms with Crippen LogP contribution in [0.1, 0.15) is 0 Å². The molecule has 0 aromatic carbocycles. The Morgan fingerprint density at radius 3 is 1.71 bits per heavy atom. The molecule has 0 unspecified atom stereocenters. The summed E-state index contributed by atoms with van der Waals surface area (Å²) in [6.45, 7) is 11.5. The predicted molar refractivity (Wildman–Crippen MR) is 76.0 cm³/mol. The van der Waals surface area contributed by atoms with E-state index in [4.69, 9.17) is 0 Å². The third-order valence-electron chi connectivity index (χ3n) is 2.65. The molecule has 0 atom stereocenters. The van der Waals surface area contributed by atoms with E-state index in [2.05, 4.69) is 29.7 Å². The fraction of sp³-hybridized carbons (Fsp3) is 0.231. The van der Waals surface area contributed by atoms with Crippen LogP contribution in [-0.4, -0.2) is 23.5 Å². The van der Waals surface area contributed by atoms with Crippen molar-refractivity contribution in [1.82, 2.24) is 9.97 Å². The summed E-state index contributed by atoms with van der Waals surface area (Å²) >= 11 is 0. The van der Waals surface area contributed by atoms with Gasteiger partial charge in [-0.2, -0.15) is 0 Å². The maximum absolute atomic E-state index is 4.41. The number of aromatic nitrogens is 2. The van der Waals surface area contributed by atoms with E-state index in [-0.39, 0.29) is 5.48 Å². The van der Waals surface area contributed by atoms with Crippen LogP contribution < -0.4 is 5.45 Å². The van der Waals surface area contributed by atoms with Crippen molar-refractivity contribution < 1.29 is 5.48 Å². The van der Waals surface area contributed by atoms with Crippen LogP contribution in [0.15, 0.2) is 56.4 Å². The van der Waals surface area contributed by atoms with Crippen LogP contribution in [-0.2, 0) is 0 Å². The molecule has 0 spiro atoms.